The highest BCUT2D eigenvalue weighted by atomic mass is 32.1. The Labute approximate surface area is 222 Å². The van der Waals surface area contributed by atoms with Crippen molar-refractivity contribution in [3.63, 3.8) is 0 Å². The molecule has 2 N–H and O–H groups in total. The molecule has 5 rings (SSSR count). The minimum Gasteiger partial charge on any atom is -0.495 e. The molecule has 7 nitrogen and oxygen atoms in total. The van der Waals surface area contributed by atoms with Gasteiger partial charge < -0.3 is 24.8 Å². The molecule has 1 aliphatic rings. The van der Waals surface area contributed by atoms with Crippen molar-refractivity contribution in [1.29, 1.82) is 0 Å². The molecule has 0 radical (unpaired) electrons. The normalized spacial score (nSPS) is 16.9. The summed E-state index contributed by atoms with van der Waals surface area (Å²) in [5.74, 6) is 0.712. The molecule has 2 unspecified atom stereocenters. The van der Waals surface area contributed by atoms with E-state index in [9.17, 15) is 4.79 Å². The van der Waals surface area contributed by atoms with Gasteiger partial charge in [-0.15, -0.1) is 0 Å². The zero-order valence-corrected chi connectivity index (χ0v) is 21.6. The van der Waals surface area contributed by atoms with E-state index in [-0.39, 0.29) is 24.4 Å². The highest BCUT2D eigenvalue weighted by Gasteiger charge is 2.41. The molecule has 1 amide bonds. The summed E-state index contributed by atoms with van der Waals surface area (Å²) in [6.45, 7) is 2.43. The Balaban J connectivity index is 1.47. The fraction of sp³-hybridized carbons (Fsp3) is 0.207. The third-order valence-corrected chi connectivity index (χ3v) is 6.98. The minimum absolute atomic E-state index is 0.0581. The van der Waals surface area contributed by atoms with E-state index < -0.39 is 0 Å². The number of hydrogen-bond acceptors (Lipinski definition) is 4. The number of nitrogens with one attached hydrogen (secondary N) is 2. The number of aromatic nitrogens is 2. The van der Waals surface area contributed by atoms with E-state index in [1.807, 2.05) is 85.9 Å². The first-order chi connectivity index (χ1) is 18.1. The first-order valence-electron chi connectivity index (χ1n) is 12.2. The van der Waals surface area contributed by atoms with E-state index in [1.165, 1.54) is 0 Å². The number of aryl methyl sites for hydroxylation is 1. The number of pyridine rings is 1. The number of amides is 1. The second-order valence-corrected chi connectivity index (χ2v) is 9.29. The van der Waals surface area contributed by atoms with Gasteiger partial charge in [-0.2, -0.15) is 0 Å². The van der Waals surface area contributed by atoms with Crippen molar-refractivity contribution in [2.45, 2.75) is 25.4 Å². The van der Waals surface area contributed by atoms with Crippen LogP contribution in [0.25, 0.3) is 5.69 Å². The van der Waals surface area contributed by atoms with Crippen LogP contribution < -0.4 is 15.4 Å². The van der Waals surface area contributed by atoms with Crippen LogP contribution in [-0.4, -0.2) is 39.1 Å². The summed E-state index contributed by atoms with van der Waals surface area (Å²) < 4.78 is 7.77. The number of nitrogens with zero attached hydrogens (tertiary/aromatic N) is 3. The number of hydrogen-bond donors (Lipinski definition) is 2. The second kappa shape index (κ2) is 10.8. The topological polar surface area (TPSA) is 71.4 Å². The molecule has 2 atom stereocenters. The Kier molecular flexibility index (Phi) is 7.18. The van der Waals surface area contributed by atoms with Crippen molar-refractivity contribution < 1.29 is 9.53 Å². The van der Waals surface area contributed by atoms with Crippen molar-refractivity contribution in [3.05, 3.63) is 108 Å². The van der Waals surface area contributed by atoms with E-state index >= 15 is 0 Å². The average Bonchev–Trinajstić information content (AvgIpc) is 3.53. The van der Waals surface area contributed by atoms with Gasteiger partial charge in [-0.05, 0) is 67.2 Å². The Hall–Kier alpha value is -4.17. The molecular formula is C29H29N5O2S. The number of carbonyl (C=O) groups excluding carboxylic acids is 1. The van der Waals surface area contributed by atoms with Crippen molar-refractivity contribution in [1.82, 2.24) is 19.8 Å². The molecule has 2 aromatic carbocycles. The van der Waals surface area contributed by atoms with Gasteiger partial charge in [-0.25, -0.2) is 0 Å². The largest absolute Gasteiger partial charge is 0.495 e. The first kappa shape index (κ1) is 24.5. The van der Waals surface area contributed by atoms with E-state index in [4.69, 9.17) is 17.0 Å². The molecule has 1 aliphatic heterocycles. The molecule has 3 heterocycles. The predicted molar refractivity (Wildman–Crippen MR) is 149 cm³/mol. The number of benzene rings is 2. The number of anilines is 1. The number of methoxy groups -OCH3 is 1. The summed E-state index contributed by atoms with van der Waals surface area (Å²) in [5, 5.41) is 7.09. The number of para-hydroxylation sites is 3. The maximum atomic E-state index is 12.9. The standard InChI is InChI=1S/C29H29N5O2S/c1-20-10-3-4-11-21(20)31-26(35)16-19-34-28(27(32-29(34)37)22-12-7-8-17-30-22)24-14-9-18-33(24)23-13-5-6-15-25(23)36-2/h3-15,17-18,27-28H,16,19H2,1-2H3,(H,31,35)(H,32,37). The number of carbonyl (C=O) groups is 1. The fourth-order valence-electron chi connectivity index (χ4n) is 4.80. The lowest BCUT2D eigenvalue weighted by molar-refractivity contribution is -0.116. The lowest BCUT2D eigenvalue weighted by Gasteiger charge is -2.29. The molecular weight excluding hydrogens is 482 g/mol. The number of thiocarbonyl (C=S) groups is 1. The molecule has 0 spiro atoms. The molecule has 0 saturated carbocycles. The number of ether oxygens (including phenoxy) is 1. The molecule has 1 fully saturated rings. The van der Waals surface area contributed by atoms with E-state index in [2.05, 4.69) is 31.2 Å². The highest BCUT2D eigenvalue weighted by molar-refractivity contribution is 7.80. The molecule has 8 heteroatoms. The maximum Gasteiger partial charge on any atom is 0.226 e. The van der Waals surface area contributed by atoms with Gasteiger partial charge in [0.1, 0.15) is 5.75 Å². The predicted octanol–water partition coefficient (Wildman–Crippen LogP) is 5.19. The van der Waals surface area contributed by atoms with Crippen molar-refractivity contribution in [2.75, 3.05) is 19.0 Å². The van der Waals surface area contributed by atoms with Crippen LogP contribution in [-0.2, 0) is 4.79 Å². The third-order valence-electron chi connectivity index (χ3n) is 6.62. The lowest BCUT2D eigenvalue weighted by Crippen LogP contribution is -2.33. The van der Waals surface area contributed by atoms with Crippen molar-refractivity contribution >= 4 is 28.9 Å². The molecule has 1 saturated heterocycles. The Morgan fingerprint density at radius 2 is 1.84 bits per heavy atom. The van der Waals surface area contributed by atoms with E-state index in [0.29, 0.717) is 11.7 Å². The van der Waals surface area contributed by atoms with Crippen LogP contribution in [0.1, 0.15) is 35.5 Å². The molecule has 0 bridgehead atoms. The third kappa shape index (κ3) is 5.06. The van der Waals surface area contributed by atoms with Crippen LogP contribution in [0.15, 0.2) is 91.3 Å². The van der Waals surface area contributed by atoms with Crippen LogP contribution in [0.3, 0.4) is 0 Å². The highest BCUT2D eigenvalue weighted by Crippen LogP contribution is 2.40. The summed E-state index contributed by atoms with van der Waals surface area (Å²) in [6, 6.07) is 25.3. The fourth-order valence-corrected chi connectivity index (χ4v) is 5.13. The molecule has 4 aromatic rings. The van der Waals surface area contributed by atoms with Gasteiger partial charge in [0.15, 0.2) is 5.11 Å². The number of rotatable bonds is 8. The van der Waals surface area contributed by atoms with Gasteiger partial charge in [0, 0.05) is 36.7 Å². The summed E-state index contributed by atoms with van der Waals surface area (Å²) in [5.41, 5.74) is 4.68. The monoisotopic (exact) mass is 511 g/mol. The lowest BCUT2D eigenvalue weighted by atomic mass is 10.0. The summed E-state index contributed by atoms with van der Waals surface area (Å²) in [7, 11) is 1.67. The van der Waals surface area contributed by atoms with Crippen LogP contribution in [0.4, 0.5) is 5.69 Å². The van der Waals surface area contributed by atoms with Crippen LogP contribution in [0, 0.1) is 6.92 Å². The molecule has 37 heavy (non-hydrogen) atoms. The summed E-state index contributed by atoms with van der Waals surface area (Å²) >= 11 is 5.80. The quantitative estimate of drug-likeness (QED) is 0.317. The minimum atomic E-state index is -0.187. The smallest absolute Gasteiger partial charge is 0.226 e. The second-order valence-electron chi connectivity index (χ2n) is 8.91. The Morgan fingerprint density at radius 3 is 2.62 bits per heavy atom. The van der Waals surface area contributed by atoms with Crippen LogP contribution >= 0.6 is 12.2 Å². The molecule has 2 aromatic heterocycles. The molecule has 0 aliphatic carbocycles. The van der Waals surface area contributed by atoms with Gasteiger partial charge in [-0.1, -0.05) is 36.4 Å². The van der Waals surface area contributed by atoms with E-state index in [0.717, 1.165) is 34.1 Å². The van der Waals surface area contributed by atoms with Gasteiger partial charge in [0.25, 0.3) is 0 Å². The van der Waals surface area contributed by atoms with Gasteiger partial charge in [-0.3, -0.25) is 9.78 Å². The van der Waals surface area contributed by atoms with Crippen molar-refractivity contribution in [3.8, 4) is 11.4 Å². The Bertz CT molecular complexity index is 1400. The zero-order chi connectivity index (χ0) is 25.8. The van der Waals surface area contributed by atoms with Crippen molar-refractivity contribution in [2.24, 2.45) is 0 Å². The maximum absolute atomic E-state index is 12.9. The summed E-state index contributed by atoms with van der Waals surface area (Å²) in [4.78, 5) is 19.6. The van der Waals surface area contributed by atoms with Crippen LogP contribution in [0.2, 0.25) is 0 Å². The van der Waals surface area contributed by atoms with Gasteiger partial charge in [0.2, 0.25) is 5.91 Å². The van der Waals surface area contributed by atoms with Gasteiger partial charge in [0.05, 0.1) is 30.6 Å². The van der Waals surface area contributed by atoms with Crippen LogP contribution in [0.5, 0.6) is 5.75 Å². The SMILES string of the molecule is COc1ccccc1-n1cccc1C1C(c2ccccn2)NC(=S)N1CCC(=O)Nc1ccccc1C. The summed E-state index contributed by atoms with van der Waals surface area (Å²) in [6.07, 6.45) is 4.10. The zero-order valence-electron chi connectivity index (χ0n) is 20.8. The van der Waals surface area contributed by atoms with Gasteiger partial charge >= 0.3 is 0 Å². The Morgan fingerprint density at radius 1 is 1.05 bits per heavy atom. The average molecular weight is 512 g/mol. The first-order valence-corrected chi connectivity index (χ1v) is 12.6. The van der Waals surface area contributed by atoms with E-state index in [1.54, 1.807) is 13.3 Å². The molecule has 188 valence electrons.